The zero-order valence-electron chi connectivity index (χ0n) is 27.5. The molecule has 1 aliphatic heterocycles. The van der Waals surface area contributed by atoms with Gasteiger partial charge < -0.3 is 30.3 Å². The second-order valence-electron chi connectivity index (χ2n) is 12.5. The van der Waals surface area contributed by atoms with Crippen molar-refractivity contribution in [3.8, 4) is 0 Å². The summed E-state index contributed by atoms with van der Waals surface area (Å²) < 4.78 is 24.4. The van der Waals surface area contributed by atoms with Crippen molar-refractivity contribution in [1.29, 1.82) is 0 Å². The normalized spacial score (nSPS) is 19.6. The van der Waals surface area contributed by atoms with Crippen molar-refractivity contribution in [3.05, 3.63) is 63.9 Å². The Balaban J connectivity index is 1.38. The summed E-state index contributed by atoms with van der Waals surface area (Å²) in [4.78, 5) is 57.6. The van der Waals surface area contributed by atoms with Crippen LogP contribution in [0.2, 0.25) is 0 Å². The fourth-order valence-corrected chi connectivity index (χ4v) is 6.47. The third-order valence-corrected chi connectivity index (χ3v) is 9.85. The predicted octanol–water partition coefficient (Wildman–Crippen LogP) is 3.73. The lowest BCUT2D eigenvalue weighted by Gasteiger charge is -2.33. The number of aromatic nitrogens is 3. The largest absolute Gasteiger partial charge is 0.364 e. The number of carbonyl (C=O) groups excluding carboxylic acids is 4. The summed E-state index contributed by atoms with van der Waals surface area (Å²) in [7, 11) is 1.97. The summed E-state index contributed by atoms with van der Waals surface area (Å²) in [5, 5.41) is 15.8. The number of benzene rings is 1. The van der Waals surface area contributed by atoms with E-state index in [-0.39, 0.29) is 33.7 Å². The highest BCUT2D eigenvalue weighted by Gasteiger charge is 2.34. The Morgan fingerprint density at radius 1 is 1.08 bits per heavy atom. The van der Waals surface area contributed by atoms with E-state index in [4.69, 9.17) is 4.52 Å². The van der Waals surface area contributed by atoms with Gasteiger partial charge in [0.15, 0.2) is 0 Å². The van der Waals surface area contributed by atoms with E-state index in [0.29, 0.717) is 55.3 Å². The number of hydrogen-bond donors (Lipinski definition) is 3. The number of likely N-dealkylation sites (N-methyl/N-ethyl adjacent to an activating group) is 1. The maximum Gasteiger partial charge on any atom is 0.270 e. The Bertz CT molecular complexity index is 1660. The molecule has 0 spiro atoms. The van der Waals surface area contributed by atoms with Crippen LogP contribution in [0.15, 0.2) is 40.9 Å². The van der Waals surface area contributed by atoms with E-state index in [1.807, 2.05) is 14.0 Å². The third-order valence-electron chi connectivity index (χ3n) is 9.19. The van der Waals surface area contributed by atoms with Gasteiger partial charge in [-0.25, -0.2) is 4.39 Å². The smallest absolute Gasteiger partial charge is 0.270 e. The zero-order valence-corrected chi connectivity index (χ0v) is 28.4. The van der Waals surface area contributed by atoms with Crippen LogP contribution < -0.4 is 16.0 Å². The molecule has 1 atom stereocenters. The van der Waals surface area contributed by atoms with Crippen LogP contribution in [0.4, 0.5) is 10.1 Å². The Morgan fingerprint density at radius 3 is 2.46 bits per heavy atom. The predicted molar refractivity (Wildman–Crippen MR) is 177 cm³/mol. The zero-order chi connectivity index (χ0) is 34.4. The van der Waals surface area contributed by atoms with Gasteiger partial charge in [-0.2, -0.15) is 0 Å². The average Bonchev–Trinajstić information content (AvgIpc) is 3.80. The summed E-state index contributed by atoms with van der Waals surface area (Å²) in [6, 6.07) is 3.29. The van der Waals surface area contributed by atoms with E-state index in [0.717, 1.165) is 37.2 Å². The van der Waals surface area contributed by atoms with Crippen LogP contribution in [-0.2, 0) is 16.0 Å². The van der Waals surface area contributed by atoms with Gasteiger partial charge in [-0.3, -0.25) is 19.2 Å². The number of piperazine rings is 1. The molecule has 256 valence electrons. The van der Waals surface area contributed by atoms with Crippen molar-refractivity contribution in [2.75, 3.05) is 38.5 Å². The molecule has 15 heteroatoms. The molecular weight excluding hydrogens is 639 g/mol. The van der Waals surface area contributed by atoms with Crippen LogP contribution in [0.3, 0.4) is 0 Å². The number of nitrogens with one attached hydrogen (secondary N) is 3. The molecule has 3 N–H and O–H groups in total. The second kappa shape index (κ2) is 15.6. The van der Waals surface area contributed by atoms with Gasteiger partial charge in [-0.1, -0.05) is 42.4 Å². The lowest BCUT2D eigenvalue weighted by molar-refractivity contribution is -0.129. The standard InChI is InChI=1S/C33H41FN8O5S/c1-5-25-23(18-47-39-25)30(43)38-29(21-8-6-19(2)7-9-21)32(45)36-26-11-10-22(16-24(26)34)20(3)28(37-31(44)27-17-35-40-48-27)33(46)42-14-12-41(4)13-15-42/h10-11,16-19,21,29H,5-9,12-15H2,1-4H3,(H,36,45)(H,37,44)(H,38,43)/b28-20+/t19?,21?,29-/m0/s1. The number of hydrogen-bond acceptors (Lipinski definition) is 10. The number of aryl methyl sites for hydroxylation is 1. The van der Waals surface area contributed by atoms with Gasteiger partial charge in [-0.05, 0) is 79.9 Å². The Hall–Kier alpha value is -4.50. The molecule has 0 radical (unpaired) electrons. The molecule has 2 aromatic heterocycles. The van der Waals surface area contributed by atoms with Gasteiger partial charge in [0.2, 0.25) is 5.91 Å². The van der Waals surface area contributed by atoms with E-state index < -0.39 is 29.6 Å². The van der Waals surface area contributed by atoms with Gasteiger partial charge in [0.1, 0.15) is 34.3 Å². The average molecular weight is 681 g/mol. The maximum absolute atomic E-state index is 15.7. The van der Waals surface area contributed by atoms with Gasteiger partial charge in [0, 0.05) is 26.2 Å². The molecule has 2 fully saturated rings. The van der Waals surface area contributed by atoms with Crippen LogP contribution in [0.1, 0.15) is 77.7 Å². The molecule has 0 bridgehead atoms. The van der Waals surface area contributed by atoms with Gasteiger partial charge in [0.25, 0.3) is 17.7 Å². The van der Waals surface area contributed by atoms with Crippen LogP contribution in [0, 0.1) is 17.7 Å². The molecule has 1 saturated heterocycles. The van der Waals surface area contributed by atoms with Crippen molar-refractivity contribution in [3.63, 3.8) is 0 Å². The van der Waals surface area contributed by atoms with E-state index in [9.17, 15) is 19.2 Å². The van der Waals surface area contributed by atoms with Crippen molar-refractivity contribution in [2.45, 2.75) is 58.9 Å². The maximum atomic E-state index is 15.7. The third kappa shape index (κ3) is 8.13. The number of amides is 4. The summed E-state index contributed by atoms with van der Waals surface area (Å²) in [6.45, 7) is 7.93. The van der Waals surface area contributed by atoms with Crippen LogP contribution in [0.25, 0.3) is 5.57 Å². The highest BCUT2D eigenvalue weighted by atomic mass is 32.1. The quantitative estimate of drug-likeness (QED) is 0.271. The minimum atomic E-state index is -0.908. The van der Waals surface area contributed by atoms with E-state index in [1.54, 1.807) is 17.9 Å². The number of halogens is 1. The van der Waals surface area contributed by atoms with Crippen LogP contribution in [0.5, 0.6) is 0 Å². The summed E-state index contributed by atoms with van der Waals surface area (Å²) in [5.74, 6) is -2.30. The van der Waals surface area contributed by atoms with Gasteiger partial charge in [-0.15, -0.1) is 5.10 Å². The summed E-state index contributed by atoms with van der Waals surface area (Å²) >= 11 is 0.894. The molecule has 5 rings (SSSR count). The lowest BCUT2D eigenvalue weighted by Crippen LogP contribution is -2.49. The highest BCUT2D eigenvalue weighted by molar-refractivity contribution is 7.07. The molecule has 4 amide bonds. The number of allylic oxidation sites excluding steroid dienone is 1. The first kappa shape index (κ1) is 34.8. The fourth-order valence-electron chi connectivity index (χ4n) is 6.06. The molecular formula is C33H41FN8O5S. The Kier molecular flexibility index (Phi) is 11.3. The molecule has 3 heterocycles. The molecule has 0 unspecified atom stereocenters. The molecule has 2 aliphatic rings. The number of rotatable bonds is 10. The molecule has 3 aromatic rings. The van der Waals surface area contributed by atoms with Crippen molar-refractivity contribution < 1.29 is 28.1 Å². The van der Waals surface area contributed by atoms with Gasteiger partial charge in [0.05, 0.1) is 17.6 Å². The van der Waals surface area contributed by atoms with Gasteiger partial charge >= 0.3 is 0 Å². The summed E-state index contributed by atoms with van der Waals surface area (Å²) in [6.07, 6.45) is 6.36. The number of anilines is 1. The topological polar surface area (TPSA) is 163 Å². The SMILES string of the molecule is CCc1nocc1C(=O)N[C@H](C(=O)Nc1ccc(/C(C)=C(/NC(=O)c2cnns2)C(=O)N2CCN(C)CC2)cc1F)C1CCC(C)CC1. The first-order valence-electron chi connectivity index (χ1n) is 16.2. The van der Waals surface area contributed by atoms with Crippen molar-refractivity contribution in [1.82, 2.24) is 35.2 Å². The number of nitrogens with zero attached hydrogens (tertiary/aromatic N) is 5. The minimum absolute atomic E-state index is 0.0172. The van der Waals surface area contributed by atoms with E-state index in [1.165, 1.54) is 24.6 Å². The molecule has 1 saturated carbocycles. The first-order valence-corrected chi connectivity index (χ1v) is 16.9. The van der Waals surface area contributed by atoms with Crippen LogP contribution >= 0.6 is 11.5 Å². The minimum Gasteiger partial charge on any atom is -0.364 e. The molecule has 1 aliphatic carbocycles. The second-order valence-corrected chi connectivity index (χ2v) is 13.3. The fraction of sp³-hybridized carbons (Fsp3) is 0.485. The van der Waals surface area contributed by atoms with E-state index >= 15 is 4.39 Å². The van der Waals surface area contributed by atoms with Crippen LogP contribution in [-0.4, -0.2) is 87.4 Å². The first-order chi connectivity index (χ1) is 23.0. The van der Waals surface area contributed by atoms with E-state index in [2.05, 4.69) is 42.5 Å². The molecule has 1 aromatic carbocycles. The highest BCUT2D eigenvalue weighted by Crippen LogP contribution is 2.32. The molecule has 48 heavy (non-hydrogen) atoms. The Morgan fingerprint density at radius 2 is 1.81 bits per heavy atom. The Labute approximate surface area is 282 Å². The lowest BCUT2D eigenvalue weighted by atomic mass is 9.79. The number of carbonyl (C=O) groups is 4. The monoisotopic (exact) mass is 680 g/mol. The van der Waals surface area contributed by atoms with Crippen molar-refractivity contribution >= 4 is 46.4 Å². The summed E-state index contributed by atoms with van der Waals surface area (Å²) in [5.41, 5.74) is 1.38. The van der Waals surface area contributed by atoms with Crippen molar-refractivity contribution in [2.24, 2.45) is 11.8 Å². The molecule has 13 nitrogen and oxygen atoms in total.